The molecular formula is C5H7BI2O. The van der Waals surface area contributed by atoms with Gasteiger partial charge in [0.1, 0.15) is 7.85 Å². The molecule has 1 nitrogen and oxygen atoms in total. The minimum Gasteiger partial charge on any atom is -0.383 e. The summed E-state index contributed by atoms with van der Waals surface area (Å²) in [4.78, 5) is 0. The Morgan fingerprint density at radius 2 is 2.33 bits per heavy atom. The van der Waals surface area contributed by atoms with Crippen LogP contribution in [0.5, 0.6) is 0 Å². The van der Waals surface area contributed by atoms with Crippen LogP contribution in [0.25, 0.3) is 0 Å². The van der Waals surface area contributed by atoms with Crippen molar-refractivity contribution in [3.63, 3.8) is 0 Å². The van der Waals surface area contributed by atoms with Gasteiger partial charge in [0, 0.05) is 14.4 Å². The number of alkyl halides is 2. The van der Waals surface area contributed by atoms with Gasteiger partial charge in [-0.25, -0.2) is 0 Å². The monoisotopic (exact) mass is 348 g/mol. The first-order valence-corrected chi connectivity index (χ1v) is 5.62. The van der Waals surface area contributed by atoms with Gasteiger partial charge in [-0.1, -0.05) is 45.2 Å². The predicted molar refractivity (Wildman–Crippen MR) is 55.7 cm³/mol. The summed E-state index contributed by atoms with van der Waals surface area (Å²) in [5, 5.41) is 0. The topological polar surface area (TPSA) is 9.23 Å². The summed E-state index contributed by atoms with van der Waals surface area (Å²) < 4.78 is 7.06. The van der Waals surface area contributed by atoms with E-state index in [0.29, 0.717) is 10.0 Å². The minimum atomic E-state index is -0.00772. The van der Waals surface area contributed by atoms with Gasteiger partial charge in [0.15, 0.2) is 0 Å². The van der Waals surface area contributed by atoms with E-state index in [1.165, 1.54) is 0 Å². The van der Waals surface area contributed by atoms with Crippen molar-refractivity contribution in [3.05, 3.63) is 0 Å². The number of hydrogen-bond acceptors (Lipinski definition) is 1. The van der Waals surface area contributed by atoms with Crippen molar-refractivity contribution in [1.82, 2.24) is 0 Å². The molecule has 0 aliphatic carbocycles. The Bertz CT molecular complexity index is 101. The second kappa shape index (κ2) is 3.76. The van der Waals surface area contributed by atoms with E-state index in [1.807, 2.05) is 0 Å². The molecule has 1 saturated heterocycles. The molecule has 0 aromatic heterocycles. The number of halogens is 2. The van der Waals surface area contributed by atoms with Gasteiger partial charge in [-0.3, -0.25) is 0 Å². The van der Waals surface area contributed by atoms with E-state index in [4.69, 9.17) is 12.6 Å². The third kappa shape index (κ3) is 2.22. The lowest BCUT2D eigenvalue weighted by Crippen LogP contribution is -2.17. The van der Waals surface area contributed by atoms with Crippen molar-refractivity contribution < 1.29 is 4.74 Å². The highest BCUT2D eigenvalue weighted by atomic mass is 127. The molecule has 0 N–H and O–H groups in total. The normalized spacial score (nSPS) is 43.6. The molecule has 2 radical (unpaired) electrons. The van der Waals surface area contributed by atoms with Crippen molar-refractivity contribution in [2.75, 3.05) is 4.43 Å². The van der Waals surface area contributed by atoms with Crippen LogP contribution in [0, 0.1) is 0 Å². The highest BCUT2D eigenvalue weighted by Crippen LogP contribution is 2.26. The zero-order valence-corrected chi connectivity index (χ0v) is 9.20. The van der Waals surface area contributed by atoms with Crippen molar-refractivity contribution in [2.24, 2.45) is 0 Å². The summed E-state index contributed by atoms with van der Waals surface area (Å²) in [6.07, 6.45) is 1.40. The van der Waals surface area contributed by atoms with Gasteiger partial charge in [0.2, 0.25) is 0 Å². The van der Waals surface area contributed by atoms with Crippen LogP contribution >= 0.6 is 45.2 Å². The van der Waals surface area contributed by atoms with Gasteiger partial charge in [-0.15, -0.1) is 0 Å². The van der Waals surface area contributed by atoms with Crippen molar-refractivity contribution in [1.29, 1.82) is 0 Å². The van der Waals surface area contributed by atoms with Crippen LogP contribution in [-0.2, 0) is 4.74 Å². The van der Waals surface area contributed by atoms with Gasteiger partial charge < -0.3 is 4.74 Å². The van der Waals surface area contributed by atoms with Crippen LogP contribution in [0.2, 0.25) is 0 Å². The van der Waals surface area contributed by atoms with Gasteiger partial charge in [0.05, 0.1) is 6.10 Å². The molecule has 1 fully saturated rings. The molecule has 1 aliphatic heterocycles. The fourth-order valence-electron chi connectivity index (χ4n) is 0.872. The lowest BCUT2D eigenvalue weighted by Gasteiger charge is -2.08. The fraction of sp³-hybridized carbons (Fsp3) is 1.00. The molecule has 1 heterocycles. The van der Waals surface area contributed by atoms with Crippen LogP contribution in [0.15, 0.2) is 0 Å². The highest BCUT2D eigenvalue weighted by Gasteiger charge is 2.28. The standard InChI is InChI=1S/C5H7BI2O/c6-5-1-3(8)4(2-7)9-5/h3-5H,1-2H2/t3-,4+,5-/m1/s1. The molecule has 0 amide bonds. The lowest BCUT2D eigenvalue weighted by molar-refractivity contribution is 0.109. The Balaban J connectivity index is 2.38. The Morgan fingerprint density at radius 1 is 1.67 bits per heavy atom. The van der Waals surface area contributed by atoms with E-state index in [-0.39, 0.29) is 6.00 Å². The molecule has 0 unspecified atom stereocenters. The first-order valence-electron chi connectivity index (χ1n) is 2.85. The van der Waals surface area contributed by atoms with Crippen LogP contribution in [0.4, 0.5) is 0 Å². The third-order valence-electron chi connectivity index (χ3n) is 1.36. The number of hydrogen-bond donors (Lipinski definition) is 0. The predicted octanol–water partition coefficient (Wildman–Crippen LogP) is 1.51. The van der Waals surface area contributed by atoms with Gasteiger partial charge >= 0.3 is 0 Å². The Morgan fingerprint density at radius 3 is 2.56 bits per heavy atom. The maximum Gasteiger partial charge on any atom is 0.109 e. The Kier molecular flexibility index (Phi) is 3.58. The van der Waals surface area contributed by atoms with Crippen LogP contribution in [-0.4, -0.2) is 28.3 Å². The maximum atomic E-state index is 5.56. The summed E-state index contributed by atoms with van der Waals surface area (Å²) in [6.45, 7) is 0. The minimum absolute atomic E-state index is 0.00772. The van der Waals surface area contributed by atoms with Crippen molar-refractivity contribution >= 4 is 53.0 Å². The zero-order valence-electron chi connectivity index (χ0n) is 4.89. The summed E-state index contributed by atoms with van der Waals surface area (Å²) >= 11 is 4.73. The molecule has 1 rings (SSSR count). The molecule has 4 heteroatoms. The van der Waals surface area contributed by atoms with Crippen molar-refractivity contribution in [2.45, 2.75) is 22.5 Å². The molecule has 1 aliphatic rings. The average molecular weight is 348 g/mol. The van der Waals surface area contributed by atoms with E-state index >= 15 is 0 Å². The van der Waals surface area contributed by atoms with E-state index in [9.17, 15) is 0 Å². The SMILES string of the molecule is [B][C@H]1C[C@@H](I)[C@H](CI)O1. The van der Waals surface area contributed by atoms with Gasteiger partial charge in [-0.2, -0.15) is 0 Å². The van der Waals surface area contributed by atoms with Gasteiger partial charge in [-0.05, 0) is 6.42 Å². The fourth-order valence-corrected chi connectivity index (χ4v) is 3.59. The molecule has 3 atom stereocenters. The first kappa shape index (κ1) is 8.58. The molecule has 0 aromatic rings. The molecule has 0 aromatic carbocycles. The Labute approximate surface area is 84.0 Å². The van der Waals surface area contributed by atoms with Crippen LogP contribution < -0.4 is 0 Å². The quantitative estimate of drug-likeness (QED) is 0.397. The lowest BCUT2D eigenvalue weighted by atomic mass is 9.97. The second-order valence-corrected chi connectivity index (χ2v) is 4.60. The number of ether oxygens (including phenoxy) is 1. The Hall–Kier alpha value is 1.48. The third-order valence-corrected chi connectivity index (χ3v) is 3.54. The maximum absolute atomic E-state index is 5.56. The molecular weight excluding hydrogens is 341 g/mol. The molecule has 0 spiro atoms. The van der Waals surface area contributed by atoms with Crippen LogP contribution in [0.1, 0.15) is 6.42 Å². The summed E-state index contributed by atoms with van der Waals surface area (Å²) in [6, 6.07) is -0.00772. The smallest absolute Gasteiger partial charge is 0.109 e. The highest BCUT2D eigenvalue weighted by molar-refractivity contribution is 14.1. The van der Waals surface area contributed by atoms with Crippen molar-refractivity contribution in [3.8, 4) is 0 Å². The van der Waals surface area contributed by atoms with E-state index in [2.05, 4.69) is 45.2 Å². The molecule has 0 saturated carbocycles. The van der Waals surface area contributed by atoms with Gasteiger partial charge in [0.25, 0.3) is 0 Å². The molecule has 50 valence electrons. The van der Waals surface area contributed by atoms with E-state index < -0.39 is 0 Å². The molecule has 9 heavy (non-hydrogen) atoms. The van der Waals surface area contributed by atoms with Crippen LogP contribution in [0.3, 0.4) is 0 Å². The second-order valence-electron chi connectivity index (χ2n) is 2.12. The van der Waals surface area contributed by atoms with E-state index in [1.54, 1.807) is 0 Å². The average Bonchev–Trinajstić information content (AvgIpc) is 2.10. The summed E-state index contributed by atoms with van der Waals surface area (Å²) in [7, 11) is 5.56. The van der Waals surface area contributed by atoms with E-state index in [0.717, 1.165) is 10.8 Å². The largest absolute Gasteiger partial charge is 0.383 e. The first-order chi connectivity index (χ1) is 4.24. The summed E-state index contributed by atoms with van der Waals surface area (Å²) in [5.41, 5.74) is 0. The summed E-state index contributed by atoms with van der Waals surface area (Å²) in [5.74, 6) is 0. The molecule has 0 bridgehead atoms. The number of rotatable bonds is 1. The zero-order chi connectivity index (χ0) is 6.85.